The number of aryl methyl sites for hydroxylation is 1. The number of esters is 1. The van der Waals surface area contributed by atoms with Crippen molar-refractivity contribution in [2.24, 2.45) is 12.5 Å². The predicted octanol–water partition coefficient (Wildman–Crippen LogP) is 2.95. The van der Waals surface area contributed by atoms with E-state index in [1.54, 1.807) is 10.7 Å². The number of rotatable bonds is 6. The predicted molar refractivity (Wildman–Crippen MR) is 96.9 cm³/mol. The van der Waals surface area contributed by atoms with Gasteiger partial charge in [0.25, 0.3) is 0 Å². The molecule has 0 unspecified atom stereocenters. The van der Waals surface area contributed by atoms with Crippen molar-refractivity contribution in [1.29, 1.82) is 0 Å². The van der Waals surface area contributed by atoms with E-state index in [1.807, 2.05) is 32.4 Å². The van der Waals surface area contributed by atoms with Crippen molar-refractivity contribution in [1.82, 2.24) is 14.7 Å². The number of hydrogen-bond acceptors (Lipinski definition) is 4. The van der Waals surface area contributed by atoms with Gasteiger partial charge in [0.1, 0.15) is 5.82 Å². The highest BCUT2D eigenvalue weighted by atomic mass is 19.1. The maximum Gasteiger partial charge on any atom is 0.312 e. The third kappa shape index (κ3) is 4.30. The van der Waals surface area contributed by atoms with Gasteiger partial charge in [-0.2, -0.15) is 5.10 Å². The lowest BCUT2D eigenvalue weighted by Gasteiger charge is -2.40. The van der Waals surface area contributed by atoms with Crippen LogP contribution in [0, 0.1) is 11.2 Å². The normalized spacial score (nSPS) is 17.2. The van der Waals surface area contributed by atoms with Crippen LogP contribution in [0.2, 0.25) is 0 Å². The molecule has 1 saturated heterocycles. The molecule has 1 fully saturated rings. The van der Waals surface area contributed by atoms with Crippen LogP contribution in [-0.2, 0) is 29.5 Å². The average Bonchev–Trinajstić information content (AvgIpc) is 3.02. The standard InChI is InChI=1S/C20H26FN3O2/c1-3-26-19(25)20(12-16-5-4-6-18(21)11-16)7-9-24(10-8-20)15-17-13-22-23(2)14-17/h4-6,11,13-14H,3,7-10,12,15H2,1-2H3. The van der Waals surface area contributed by atoms with Gasteiger partial charge in [-0.15, -0.1) is 0 Å². The smallest absolute Gasteiger partial charge is 0.312 e. The first-order valence-electron chi connectivity index (χ1n) is 9.12. The van der Waals surface area contributed by atoms with Crippen LogP contribution in [0.1, 0.15) is 30.9 Å². The summed E-state index contributed by atoms with van der Waals surface area (Å²) in [5, 5.41) is 4.21. The Balaban J connectivity index is 1.70. The summed E-state index contributed by atoms with van der Waals surface area (Å²) in [6.07, 6.45) is 5.83. The molecule has 1 aliphatic heterocycles. The van der Waals surface area contributed by atoms with E-state index in [-0.39, 0.29) is 11.8 Å². The lowest BCUT2D eigenvalue weighted by Crippen LogP contribution is -2.46. The minimum atomic E-state index is -0.574. The first-order chi connectivity index (χ1) is 12.5. The lowest BCUT2D eigenvalue weighted by atomic mass is 9.73. The molecule has 0 radical (unpaired) electrons. The summed E-state index contributed by atoms with van der Waals surface area (Å²) in [7, 11) is 1.91. The Labute approximate surface area is 153 Å². The van der Waals surface area contributed by atoms with E-state index in [2.05, 4.69) is 10.00 Å². The molecular weight excluding hydrogens is 333 g/mol. The van der Waals surface area contributed by atoms with Gasteiger partial charge in [-0.25, -0.2) is 4.39 Å². The molecule has 0 amide bonds. The van der Waals surface area contributed by atoms with Crippen LogP contribution in [0.25, 0.3) is 0 Å². The van der Waals surface area contributed by atoms with Crippen LogP contribution >= 0.6 is 0 Å². The fourth-order valence-corrected chi connectivity index (χ4v) is 3.73. The van der Waals surface area contributed by atoms with Crippen molar-refractivity contribution in [2.75, 3.05) is 19.7 Å². The molecule has 26 heavy (non-hydrogen) atoms. The fraction of sp³-hybridized carbons (Fsp3) is 0.500. The molecule has 0 bridgehead atoms. The van der Waals surface area contributed by atoms with E-state index in [1.165, 1.54) is 17.7 Å². The molecule has 140 valence electrons. The summed E-state index contributed by atoms with van der Waals surface area (Å²) < 4.78 is 20.7. The summed E-state index contributed by atoms with van der Waals surface area (Å²) in [6.45, 7) is 4.63. The van der Waals surface area contributed by atoms with Gasteiger partial charge in [-0.1, -0.05) is 12.1 Å². The Morgan fingerprint density at radius 2 is 2.08 bits per heavy atom. The van der Waals surface area contributed by atoms with Gasteiger partial charge in [-0.3, -0.25) is 14.4 Å². The lowest BCUT2D eigenvalue weighted by molar-refractivity contribution is -0.158. The van der Waals surface area contributed by atoms with Crippen molar-refractivity contribution in [3.8, 4) is 0 Å². The average molecular weight is 359 g/mol. The highest BCUT2D eigenvalue weighted by Crippen LogP contribution is 2.37. The Morgan fingerprint density at radius 3 is 2.69 bits per heavy atom. The van der Waals surface area contributed by atoms with E-state index >= 15 is 0 Å². The van der Waals surface area contributed by atoms with Crippen LogP contribution < -0.4 is 0 Å². The number of halogens is 1. The molecule has 0 N–H and O–H groups in total. The van der Waals surface area contributed by atoms with Gasteiger partial charge in [0.2, 0.25) is 0 Å². The summed E-state index contributed by atoms with van der Waals surface area (Å²) >= 11 is 0. The second-order valence-electron chi connectivity index (χ2n) is 7.11. The van der Waals surface area contributed by atoms with Crippen LogP contribution in [0.4, 0.5) is 4.39 Å². The summed E-state index contributed by atoms with van der Waals surface area (Å²) in [6, 6.07) is 6.52. The summed E-state index contributed by atoms with van der Waals surface area (Å²) in [5.41, 5.74) is 1.44. The maximum absolute atomic E-state index is 13.6. The molecule has 1 aromatic heterocycles. The Bertz CT molecular complexity index is 751. The number of nitrogens with zero attached hydrogens (tertiary/aromatic N) is 3. The molecule has 0 saturated carbocycles. The van der Waals surface area contributed by atoms with Crippen LogP contribution in [-0.4, -0.2) is 40.3 Å². The van der Waals surface area contributed by atoms with Crippen molar-refractivity contribution < 1.29 is 13.9 Å². The third-order valence-electron chi connectivity index (χ3n) is 5.12. The number of aromatic nitrogens is 2. The topological polar surface area (TPSA) is 47.4 Å². The van der Waals surface area contributed by atoms with E-state index in [9.17, 15) is 9.18 Å². The SMILES string of the molecule is CCOC(=O)C1(Cc2cccc(F)c2)CCN(Cc2cnn(C)c2)CC1. The molecule has 3 rings (SSSR count). The molecule has 2 aromatic rings. The van der Waals surface area contributed by atoms with E-state index < -0.39 is 5.41 Å². The number of hydrogen-bond donors (Lipinski definition) is 0. The number of benzene rings is 1. The van der Waals surface area contributed by atoms with Gasteiger partial charge < -0.3 is 4.74 Å². The molecule has 5 nitrogen and oxygen atoms in total. The summed E-state index contributed by atoms with van der Waals surface area (Å²) in [5.74, 6) is -0.430. The zero-order valence-electron chi connectivity index (χ0n) is 15.4. The van der Waals surface area contributed by atoms with Gasteiger partial charge in [-0.05, 0) is 57.0 Å². The minimum Gasteiger partial charge on any atom is -0.466 e. The number of ether oxygens (including phenoxy) is 1. The van der Waals surface area contributed by atoms with Crippen molar-refractivity contribution >= 4 is 5.97 Å². The number of carbonyl (C=O) groups is 1. The molecule has 6 heteroatoms. The minimum absolute atomic E-state index is 0.162. The van der Waals surface area contributed by atoms with Gasteiger partial charge >= 0.3 is 5.97 Å². The van der Waals surface area contributed by atoms with Gasteiger partial charge in [0.05, 0.1) is 18.2 Å². The van der Waals surface area contributed by atoms with Gasteiger partial charge in [0.15, 0.2) is 0 Å². The van der Waals surface area contributed by atoms with Crippen molar-refractivity contribution in [3.63, 3.8) is 0 Å². The molecule has 1 aliphatic rings. The van der Waals surface area contributed by atoms with Crippen molar-refractivity contribution in [3.05, 3.63) is 53.6 Å². The van der Waals surface area contributed by atoms with Crippen LogP contribution in [0.5, 0.6) is 0 Å². The molecule has 0 spiro atoms. The maximum atomic E-state index is 13.6. The third-order valence-corrected chi connectivity index (χ3v) is 5.12. The Morgan fingerprint density at radius 1 is 1.31 bits per heavy atom. The Hall–Kier alpha value is -2.21. The summed E-state index contributed by atoms with van der Waals surface area (Å²) in [4.78, 5) is 15.1. The molecule has 0 aliphatic carbocycles. The second kappa shape index (κ2) is 7.99. The largest absolute Gasteiger partial charge is 0.466 e. The van der Waals surface area contributed by atoms with E-state index in [0.717, 1.165) is 25.2 Å². The zero-order valence-corrected chi connectivity index (χ0v) is 15.4. The molecular formula is C20H26FN3O2. The van der Waals surface area contributed by atoms with Crippen LogP contribution in [0.15, 0.2) is 36.7 Å². The second-order valence-corrected chi connectivity index (χ2v) is 7.11. The molecule has 1 aromatic carbocycles. The zero-order chi connectivity index (χ0) is 18.6. The van der Waals surface area contributed by atoms with Crippen LogP contribution in [0.3, 0.4) is 0 Å². The fourth-order valence-electron chi connectivity index (χ4n) is 3.73. The number of likely N-dealkylation sites (tertiary alicyclic amines) is 1. The quantitative estimate of drug-likeness (QED) is 0.744. The van der Waals surface area contributed by atoms with E-state index in [0.29, 0.717) is 25.9 Å². The first kappa shape index (κ1) is 18.6. The highest BCUT2D eigenvalue weighted by molar-refractivity contribution is 5.77. The number of piperidine rings is 1. The van der Waals surface area contributed by atoms with E-state index in [4.69, 9.17) is 4.74 Å². The van der Waals surface area contributed by atoms with Gasteiger partial charge in [0, 0.05) is 25.4 Å². The van der Waals surface area contributed by atoms with Crippen molar-refractivity contribution in [2.45, 2.75) is 32.7 Å². The molecule has 0 atom stereocenters. The first-order valence-corrected chi connectivity index (χ1v) is 9.12. The Kier molecular flexibility index (Phi) is 5.71. The molecule has 2 heterocycles. The monoisotopic (exact) mass is 359 g/mol. The highest BCUT2D eigenvalue weighted by Gasteiger charge is 2.42. The number of carbonyl (C=O) groups excluding carboxylic acids is 1.